The molecule has 0 fully saturated rings. The number of nitro groups is 1. The number of rotatable bonds is 5. The van der Waals surface area contributed by atoms with Crippen molar-refractivity contribution in [1.82, 2.24) is 0 Å². The lowest BCUT2D eigenvalue weighted by molar-refractivity contribution is -0.384. The molecule has 33 heavy (non-hydrogen) atoms. The highest BCUT2D eigenvalue weighted by molar-refractivity contribution is 9.10. The minimum Gasteiger partial charge on any atom is -0.463 e. The maximum absolute atomic E-state index is 13.2. The standard InChI is InChI=1S/C24H22BrN3O5/c1-2-33-24(30)22-20(14-9-11-15(25)12-10-14)21-18(7-4-8-19(21)29)27(23(22)26)16-5-3-6-17(13-16)28(31)32/h3,5-6,9-13,20H,2,4,7-8,26H2,1H3/t20-/m1/s1. The summed E-state index contributed by atoms with van der Waals surface area (Å²) in [6, 6.07) is 13.4. The Kier molecular flexibility index (Phi) is 6.33. The van der Waals surface area contributed by atoms with E-state index in [9.17, 15) is 19.7 Å². The van der Waals surface area contributed by atoms with Crippen LogP contribution in [0.2, 0.25) is 0 Å². The van der Waals surface area contributed by atoms with E-state index in [1.54, 1.807) is 24.0 Å². The van der Waals surface area contributed by atoms with Crippen LogP contribution in [-0.2, 0) is 14.3 Å². The lowest BCUT2D eigenvalue weighted by Gasteiger charge is -2.40. The number of allylic oxidation sites excluding steroid dienone is 2. The van der Waals surface area contributed by atoms with Crippen molar-refractivity contribution in [2.75, 3.05) is 11.5 Å². The molecule has 1 aliphatic heterocycles. The number of hydrogen-bond acceptors (Lipinski definition) is 7. The smallest absolute Gasteiger partial charge is 0.338 e. The zero-order valence-electron chi connectivity index (χ0n) is 17.9. The van der Waals surface area contributed by atoms with Crippen molar-refractivity contribution in [3.8, 4) is 0 Å². The van der Waals surface area contributed by atoms with Gasteiger partial charge in [0.15, 0.2) is 5.78 Å². The summed E-state index contributed by atoms with van der Waals surface area (Å²) in [6.45, 7) is 1.83. The Morgan fingerprint density at radius 2 is 1.97 bits per heavy atom. The molecule has 0 radical (unpaired) electrons. The quantitative estimate of drug-likeness (QED) is 0.351. The molecule has 0 spiro atoms. The average Bonchev–Trinajstić information content (AvgIpc) is 2.79. The summed E-state index contributed by atoms with van der Waals surface area (Å²) in [5, 5.41) is 11.4. The summed E-state index contributed by atoms with van der Waals surface area (Å²) < 4.78 is 6.19. The fourth-order valence-electron chi connectivity index (χ4n) is 4.43. The van der Waals surface area contributed by atoms with Gasteiger partial charge in [0.25, 0.3) is 5.69 Å². The van der Waals surface area contributed by atoms with E-state index in [2.05, 4.69) is 15.9 Å². The van der Waals surface area contributed by atoms with E-state index in [1.807, 2.05) is 24.3 Å². The Labute approximate surface area is 199 Å². The minimum absolute atomic E-state index is 0.0751. The van der Waals surface area contributed by atoms with Crippen LogP contribution in [0.25, 0.3) is 0 Å². The predicted molar refractivity (Wildman–Crippen MR) is 126 cm³/mol. The first-order valence-electron chi connectivity index (χ1n) is 10.6. The van der Waals surface area contributed by atoms with Crippen LogP contribution in [0.1, 0.15) is 37.7 Å². The highest BCUT2D eigenvalue weighted by Crippen LogP contribution is 2.47. The van der Waals surface area contributed by atoms with Crippen molar-refractivity contribution in [1.29, 1.82) is 0 Å². The third kappa shape index (κ3) is 4.16. The Hall–Kier alpha value is -3.46. The summed E-state index contributed by atoms with van der Waals surface area (Å²) >= 11 is 3.42. The summed E-state index contributed by atoms with van der Waals surface area (Å²) in [5.74, 6) is -1.28. The van der Waals surface area contributed by atoms with Gasteiger partial charge in [-0.05, 0) is 43.5 Å². The van der Waals surface area contributed by atoms with E-state index in [-0.39, 0.29) is 29.5 Å². The van der Waals surface area contributed by atoms with E-state index < -0.39 is 16.8 Å². The van der Waals surface area contributed by atoms with Crippen LogP contribution in [-0.4, -0.2) is 23.3 Å². The number of ketones is 1. The van der Waals surface area contributed by atoms with E-state index >= 15 is 0 Å². The SMILES string of the molecule is CCOC(=O)C1=C(N)N(c2cccc([N+](=O)[O-])c2)C2=C(C(=O)CCC2)[C@H]1c1ccc(Br)cc1. The molecular formula is C24H22BrN3O5. The third-order valence-corrected chi connectivity index (χ3v) is 6.32. The Bertz CT molecular complexity index is 1200. The number of halogens is 1. The van der Waals surface area contributed by atoms with Gasteiger partial charge in [-0.25, -0.2) is 4.79 Å². The lowest BCUT2D eigenvalue weighted by atomic mass is 9.75. The van der Waals surface area contributed by atoms with Gasteiger partial charge < -0.3 is 10.5 Å². The molecule has 0 bridgehead atoms. The predicted octanol–water partition coefficient (Wildman–Crippen LogP) is 4.70. The molecule has 1 heterocycles. The monoisotopic (exact) mass is 511 g/mol. The number of Topliss-reactive ketones (excluding diaryl/α,β-unsaturated/α-hetero) is 1. The van der Waals surface area contributed by atoms with Crippen molar-refractivity contribution in [3.63, 3.8) is 0 Å². The molecule has 0 saturated carbocycles. The second-order valence-corrected chi connectivity index (χ2v) is 8.67. The van der Waals surface area contributed by atoms with Crippen molar-refractivity contribution in [2.24, 2.45) is 5.73 Å². The van der Waals surface area contributed by atoms with Crippen molar-refractivity contribution < 1.29 is 19.2 Å². The molecule has 2 aromatic carbocycles. The van der Waals surface area contributed by atoms with Crippen LogP contribution < -0.4 is 10.6 Å². The van der Waals surface area contributed by atoms with Gasteiger partial charge in [-0.3, -0.25) is 19.8 Å². The van der Waals surface area contributed by atoms with Gasteiger partial charge in [-0.2, -0.15) is 0 Å². The second-order valence-electron chi connectivity index (χ2n) is 7.75. The van der Waals surface area contributed by atoms with Crippen LogP contribution >= 0.6 is 15.9 Å². The lowest BCUT2D eigenvalue weighted by Crippen LogP contribution is -2.41. The summed E-state index contributed by atoms with van der Waals surface area (Å²) in [5.41, 5.74) is 8.94. The molecule has 9 heteroatoms. The Morgan fingerprint density at radius 1 is 1.24 bits per heavy atom. The first kappa shape index (κ1) is 22.7. The fraction of sp³-hybridized carbons (Fsp3) is 0.250. The molecule has 1 atom stereocenters. The molecule has 0 unspecified atom stereocenters. The molecule has 170 valence electrons. The number of anilines is 1. The Balaban J connectivity index is 1.99. The number of ether oxygens (including phenoxy) is 1. The Morgan fingerprint density at radius 3 is 2.64 bits per heavy atom. The number of non-ortho nitro benzene ring substituents is 1. The molecule has 4 rings (SSSR count). The molecule has 8 nitrogen and oxygen atoms in total. The van der Waals surface area contributed by atoms with Gasteiger partial charge >= 0.3 is 5.97 Å². The van der Waals surface area contributed by atoms with Gasteiger partial charge in [0, 0.05) is 34.3 Å². The molecule has 1 aliphatic carbocycles. The van der Waals surface area contributed by atoms with E-state index in [4.69, 9.17) is 10.5 Å². The van der Waals surface area contributed by atoms with E-state index in [1.165, 1.54) is 12.1 Å². The molecular weight excluding hydrogens is 490 g/mol. The minimum atomic E-state index is -0.685. The first-order chi connectivity index (χ1) is 15.8. The zero-order chi connectivity index (χ0) is 23.7. The number of carbonyl (C=O) groups excluding carboxylic acids is 2. The number of nitro benzene ring substituents is 1. The van der Waals surface area contributed by atoms with Crippen LogP contribution in [0.3, 0.4) is 0 Å². The summed E-state index contributed by atoms with van der Waals surface area (Å²) in [7, 11) is 0. The van der Waals surface area contributed by atoms with Gasteiger partial charge in [-0.1, -0.05) is 34.1 Å². The number of hydrogen-bond donors (Lipinski definition) is 1. The molecule has 0 aromatic heterocycles. The largest absolute Gasteiger partial charge is 0.463 e. The maximum Gasteiger partial charge on any atom is 0.338 e. The van der Waals surface area contributed by atoms with Gasteiger partial charge in [0.05, 0.1) is 28.7 Å². The normalized spacial score (nSPS) is 18.3. The number of esters is 1. The van der Waals surface area contributed by atoms with Crippen LogP contribution in [0, 0.1) is 10.1 Å². The topological polar surface area (TPSA) is 116 Å². The molecule has 2 aliphatic rings. The van der Waals surface area contributed by atoms with E-state index in [0.717, 1.165) is 10.0 Å². The molecule has 2 N–H and O–H groups in total. The van der Waals surface area contributed by atoms with Crippen molar-refractivity contribution >= 4 is 39.1 Å². The average molecular weight is 512 g/mol. The van der Waals surface area contributed by atoms with Crippen LogP contribution in [0.4, 0.5) is 11.4 Å². The van der Waals surface area contributed by atoms with Gasteiger partial charge in [0.2, 0.25) is 0 Å². The van der Waals surface area contributed by atoms with Crippen LogP contribution in [0.15, 0.2) is 75.7 Å². The number of nitrogens with zero attached hydrogens (tertiary/aromatic N) is 2. The number of benzene rings is 2. The van der Waals surface area contributed by atoms with Gasteiger partial charge in [-0.15, -0.1) is 0 Å². The summed E-state index contributed by atoms with van der Waals surface area (Å²) in [4.78, 5) is 38.9. The zero-order valence-corrected chi connectivity index (χ0v) is 19.5. The molecule has 0 saturated heterocycles. The highest BCUT2D eigenvalue weighted by Gasteiger charge is 2.43. The molecule has 2 aromatic rings. The fourth-order valence-corrected chi connectivity index (χ4v) is 4.69. The van der Waals surface area contributed by atoms with E-state index in [0.29, 0.717) is 36.2 Å². The van der Waals surface area contributed by atoms with Gasteiger partial charge in [0.1, 0.15) is 5.82 Å². The van der Waals surface area contributed by atoms with Crippen LogP contribution in [0.5, 0.6) is 0 Å². The molecule has 0 amide bonds. The number of nitrogens with two attached hydrogens (primary N) is 1. The van der Waals surface area contributed by atoms with Crippen molar-refractivity contribution in [3.05, 3.63) is 91.3 Å². The number of carbonyl (C=O) groups is 2. The summed E-state index contributed by atoms with van der Waals surface area (Å²) in [6.07, 6.45) is 1.52. The second kappa shape index (κ2) is 9.19. The highest BCUT2D eigenvalue weighted by atomic mass is 79.9. The maximum atomic E-state index is 13.2. The third-order valence-electron chi connectivity index (χ3n) is 5.79. The van der Waals surface area contributed by atoms with Crippen molar-refractivity contribution in [2.45, 2.75) is 32.1 Å². The first-order valence-corrected chi connectivity index (χ1v) is 11.4.